The number of fused-ring (bicyclic) bond motifs is 1. The second-order valence-electron chi connectivity index (χ2n) is 6.56. The van der Waals surface area contributed by atoms with Crippen molar-refractivity contribution >= 4 is 28.6 Å². The van der Waals surface area contributed by atoms with Crippen LogP contribution in [0.25, 0.3) is 16.6 Å². The van der Waals surface area contributed by atoms with E-state index >= 15 is 0 Å². The lowest BCUT2D eigenvalue weighted by molar-refractivity contribution is -0.127. The standard InChI is InChI=1S/C21H23N3O2S/c1-5-15-10-12-16(13-11-15)24-20(26)17-8-6-7-9-18(17)22-21(24)27-14(2)19(25)23(3)4/h6-14H,5H2,1-4H3. The Morgan fingerprint density at radius 1 is 1.15 bits per heavy atom. The van der Waals surface area contributed by atoms with Gasteiger partial charge in [0, 0.05) is 14.1 Å². The van der Waals surface area contributed by atoms with Gasteiger partial charge in [0.1, 0.15) is 0 Å². The fraction of sp³-hybridized carbons (Fsp3) is 0.286. The van der Waals surface area contributed by atoms with E-state index in [1.54, 1.807) is 29.6 Å². The topological polar surface area (TPSA) is 55.2 Å². The van der Waals surface area contributed by atoms with E-state index in [-0.39, 0.29) is 16.7 Å². The molecule has 0 saturated carbocycles. The quantitative estimate of drug-likeness (QED) is 0.501. The van der Waals surface area contributed by atoms with E-state index in [9.17, 15) is 9.59 Å². The number of thioether (sulfide) groups is 1. The molecule has 0 saturated heterocycles. The van der Waals surface area contributed by atoms with E-state index in [4.69, 9.17) is 4.98 Å². The minimum absolute atomic E-state index is 0.0183. The lowest BCUT2D eigenvalue weighted by atomic mass is 10.1. The van der Waals surface area contributed by atoms with Crippen LogP contribution in [0.15, 0.2) is 58.5 Å². The molecule has 1 atom stereocenters. The fourth-order valence-electron chi connectivity index (χ4n) is 2.87. The minimum atomic E-state index is -0.353. The molecule has 2 aromatic carbocycles. The SMILES string of the molecule is CCc1ccc(-n2c(SC(C)C(=O)N(C)C)nc3ccccc3c2=O)cc1. The zero-order valence-electron chi connectivity index (χ0n) is 16.0. The molecule has 0 aliphatic heterocycles. The molecule has 1 unspecified atom stereocenters. The fourth-order valence-corrected chi connectivity index (χ4v) is 3.94. The number of carbonyl (C=O) groups is 1. The van der Waals surface area contributed by atoms with Gasteiger partial charge in [0.2, 0.25) is 5.91 Å². The van der Waals surface area contributed by atoms with Crippen LogP contribution >= 0.6 is 11.8 Å². The summed E-state index contributed by atoms with van der Waals surface area (Å²) in [4.78, 5) is 31.8. The summed E-state index contributed by atoms with van der Waals surface area (Å²) in [6, 6.07) is 15.2. The number of benzene rings is 2. The first-order chi connectivity index (χ1) is 12.9. The van der Waals surface area contributed by atoms with E-state index in [1.807, 2.05) is 49.4 Å². The molecule has 3 aromatic rings. The van der Waals surface area contributed by atoms with Crippen LogP contribution in [-0.4, -0.2) is 39.7 Å². The Morgan fingerprint density at radius 2 is 1.81 bits per heavy atom. The summed E-state index contributed by atoms with van der Waals surface area (Å²) in [6.07, 6.45) is 0.932. The number of para-hydroxylation sites is 1. The van der Waals surface area contributed by atoms with Gasteiger partial charge in [0.05, 0.1) is 21.8 Å². The normalized spacial score (nSPS) is 12.1. The molecule has 0 bridgehead atoms. The van der Waals surface area contributed by atoms with Gasteiger partial charge in [0.25, 0.3) is 5.56 Å². The molecule has 5 nitrogen and oxygen atoms in total. The van der Waals surface area contributed by atoms with Crippen LogP contribution in [0.3, 0.4) is 0 Å². The van der Waals surface area contributed by atoms with E-state index in [0.29, 0.717) is 16.1 Å². The Balaban J connectivity index is 2.17. The predicted octanol–water partition coefficient (Wildman–Crippen LogP) is 3.52. The van der Waals surface area contributed by atoms with E-state index in [1.165, 1.54) is 17.3 Å². The number of hydrogen-bond donors (Lipinski definition) is 0. The summed E-state index contributed by atoms with van der Waals surface area (Å²) in [5.74, 6) is -0.0183. The Morgan fingerprint density at radius 3 is 2.44 bits per heavy atom. The molecule has 6 heteroatoms. The van der Waals surface area contributed by atoms with Crippen molar-refractivity contribution in [2.24, 2.45) is 0 Å². The molecular formula is C21H23N3O2S. The third kappa shape index (κ3) is 3.90. The van der Waals surface area contributed by atoms with Crippen LogP contribution < -0.4 is 5.56 Å². The molecule has 0 aliphatic rings. The number of aryl methyl sites for hydroxylation is 1. The number of hydrogen-bond acceptors (Lipinski definition) is 4. The summed E-state index contributed by atoms with van der Waals surface area (Å²) in [5, 5.41) is 0.730. The van der Waals surface area contributed by atoms with Gasteiger partial charge in [0.15, 0.2) is 5.16 Å². The second kappa shape index (κ2) is 7.96. The molecule has 1 aromatic heterocycles. The maximum Gasteiger partial charge on any atom is 0.266 e. The van der Waals surface area contributed by atoms with Crippen molar-refractivity contribution in [3.8, 4) is 5.69 Å². The summed E-state index contributed by atoms with van der Waals surface area (Å²) in [6.45, 7) is 3.92. The Bertz CT molecular complexity index is 1030. The average molecular weight is 382 g/mol. The summed E-state index contributed by atoms with van der Waals surface area (Å²) < 4.78 is 1.60. The van der Waals surface area contributed by atoms with Crippen LogP contribution in [0.4, 0.5) is 0 Å². The second-order valence-corrected chi connectivity index (χ2v) is 7.87. The summed E-state index contributed by atoms with van der Waals surface area (Å²) in [5.41, 5.74) is 2.46. The largest absolute Gasteiger partial charge is 0.348 e. The van der Waals surface area contributed by atoms with Crippen LogP contribution in [0.1, 0.15) is 19.4 Å². The first kappa shape index (κ1) is 19.2. The highest BCUT2D eigenvalue weighted by molar-refractivity contribution is 8.00. The lowest BCUT2D eigenvalue weighted by Crippen LogP contribution is -2.31. The van der Waals surface area contributed by atoms with Gasteiger partial charge in [-0.05, 0) is 43.2 Å². The molecule has 1 amide bonds. The van der Waals surface area contributed by atoms with Crippen LogP contribution in [0.5, 0.6) is 0 Å². The highest BCUT2D eigenvalue weighted by atomic mass is 32.2. The first-order valence-electron chi connectivity index (χ1n) is 8.91. The van der Waals surface area contributed by atoms with Crippen LogP contribution in [0.2, 0.25) is 0 Å². The molecule has 3 rings (SSSR count). The number of carbonyl (C=O) groups excluding carboxylic acids is 1. The van der Waals surface area contributed by atoms with Gasteiger partial charge in [-0.15, -0.1) is 0 Å². The third-order valence-corrected chi connectivity index (χ3v) is 5.46. The number of amides is 1. The van der Waals surface area contributed by atoms with E-state index in [2.05, 4.69) is 6.92 Å². The third-order valence-electron chi connectivity index (χ3n) is 4.42. The molecule has 27 heavy (non-hydrogen) atoms. The number of aromatic nitrogens is 2. The first-order valence-corrected chi connectivity index (χ1v) is 9.79. The van der Waals surface area contributed by atoms with Crippen molar-refractivity contribution < 1.29 is 4.79 Å². The van der Waals surface area contributed by atoms with E-state index < -0.39 is 0 Å². The summed E-state index contributed by atoms with van der Waals surface area (Å²) in [7, 11) is 3.45. The average Bonchev–Trinajstić information content (AvgIpc) is 2.67. The minimum Gasteiger partial charge on any atom is -0.348 e. The van der Waals surface area contributed by atoms with Crippen molar-refractivity contribution in [2.75, 3.05) is 14.1 Å². The molecule has 0 aliphatic carbocycles. The number of rotatable bonds is 5. The van der Waals surface area contributed by atoms with Gasteiger partial charge in [-0.25, -0.2) is 4.98 Å². The van der Waals surface area contributed by atoms with Crippen molar-refractivity contribution in [2.45, 2.75) is 30.7 Å². The number of nitrogens with zero attached hydrogens (tertiary/aromatic N) is 3. The van der Waals surface area contributed by atoms with Gasteiger partial charge in [-0.1, -0.05) is 43.0 Å². The molecule has 0 fully saturated rings. The predicted molar refractivity (Wildman–Crippen MR) is 111 cm³/mol. The van der Waals surface area contributed by atoms with Crippen LogP contribution in [-0.2, 0) is 11.2 Å². The monoisotopic (exact) mass is 381 g/mol. The highest BCUT2D eigenvalue weighted by Crippen LogP contribution is 2.26. The van der Waals surface area contributed by atoms with Gasteiger partial charge >= 0.3 is 0 Å². The Labute approximate surface area is 163 Å². The maximum absolute atomic E-state index is 13.2. The van der Waals surface area contributed by atoms with Crippen molar-refractivity contribution in [3.05, 3.63) is 64.4 Å². The van der Waals surface area contributed by atoms with Crippen molar-refractivity contribution in [3.63, 3.8) is 0 Å². The van der Waals surface area contributed by atoms with Gasteiger partial charge in [-0.3, -0.25) is 14.2 Å². The zero-order chi connectivity index (χ0) is 19.6. The van der Waals surface area contributed by atoms with Crippen molar-refractivity contribution in [1.29, 1.82) is 0 Å². The summed E-state index contributed by atoms with van der Waals surface area (Å²) >= 11 is 1.30. The molecule has 1 heterocycles. The van der Waals surface area contributed by atoms with Gasteiger partial charge in [-0.2, -0.15) is 0 Å². The smallest absolute Gasteiger partial charge is 0.266 e. The van der Waals surface area contributed by atoms with E-state index in [0.717, 1.165) is 12.1 Å². The molecular weight excluding hydrogens is 358 g/mol. The molecule has 0 radical (unpaired) electrons. The van der Waals surface area contributed by atoms with Gasteiger partial charge < -0.3 is 4.90 Å². The Hall–Kier alpha value is -2.60. The highest BCUT2D eigenvalue weighted by Gasteiger charge is 2.21. The zero-order valence-corrected chi connectivity index (χ0v) is 16.8. The molecule has 0 spiro atoms. The Kier molecular flexibility index (Phi) is 5.65. The molecule has 140 valence electrons. The molecule has 0 N–H and O–H groups in total. The lowest BCUT2D eigenvalue weighted by Gasteiger charge is -2.19. The van der Waals surface area contributed by atoms with Crippen LogP contribution in [0, 0.1) is 0 Å². The van der Waals surface area contributed by atoms with Crippen molar-refractivity contribution in [1.82, 2.24) is 14.5 Å². The maximum atomic E-state index is 13.2.